The molecular formula is C15H24N2. The smallest absolute Gasteiger partial charge is 0.0227 e. The van der Waals surface area contributed by atoms with E-state index < -0.39 is 0 Å². The van der Waals surface area contributed by atoms with E-state index in [0.29, 0.717) is 0 Å². The Balaban J connectivity index is 1.95. The van der Waals surface area contributed by atoms with E-state index in [1.165, 1.54) is 43.5 Å². The van der Waals surface area contributed by atoms with E-state index in [1.54, 1.807) is 0 Å². The molecule has 0 radical (unpaired) electrons. The van der Waals surface area contributed by atoms with Crippen molar-refractivity contribution in [3.63, 3.8) is 0 Å². The highest BCUT2D eigenvalue weighted by atomic mass is 15.0. The predicted molar refractivity (Wildman–Crippen MR) is 73.1 cm³/mol. The van der Waals surface area contributed by atoms with E-state index >= 15 is 0 Å². The fourth-order valence-corrected chi connectivity index (χ4v) is 2.64. The zero-order chi connectivity index (χ0) is 12.1. The number of hydrogen-bond donors (Lipinski definition) is 1. The van der Waals surface area contributed by atoms with E-state index in [0.717, 1.165) is 12.5 Å². The number of nitrogens with one attached hydrogen (secondary N) is 1. The molecule has 1 fully saturated rings. The van der Waals surface area contributed by atoms with Gasteiger partial charge in [-0.3, -0.25) is 0 Å². The zero-order valence-corrected chi connectivity index (χ0v) is 11.1. The van der Waals surface area contributed by atoms with Crippen molar-refractivity contribution in [3.8, 4) is 0 Å². The van der Waals surface area contributed by atoms with E-state index in [4.69, 9.17) is 0 Å². The summed E-state index contributed by atoms with van der Waals surface area (Å²) in [5.74, 6) is 0.880. The first-order chi connectivity index (χ1) is 8.24. The van der Waals surface area contributed by atoms with Gasteiger partial charge in [-0.05, 0) is 63.5 Å². The molecular weight excluding hydrogens is 208 g/mol. The van der Waals surface area contributed by atoms with Gasteiger partial charge in [0.1, 0.15) is 0 Å². The lowest BCUT2D eigenvalue weighted by molar-refractivity contribution is 0.372. The second-order valence-electron chi connectivity index (χ2n) is 5.46. The van der Waals surface area contributed by atoms with Crippen molar-refractivity contribution in [2.45, 2.75) is 25.8 Å². The first-order valence-electron chi connectivity index (χ1n) is 6.67. The number of hydrogen-bond acceptors (Lipinski definition) is 2. The summed E-state index contributed by atoms with van der Waals surface area (Å²) in [6.07, 6.45) is 3.92. The van der Waals surface area contributed by atoms with Gasteiger partial charge < -0.3 is 10.2 Å². The Labute approximate surface area is 105 Å². The van der Waals surface area contributed by atoms with Crippen LogP contribution in [0.2, 0.25) is 0 Å². The molecule has 1 saturated heterocycles. The number of rotatable bonds is 4. The monoisotopic (exact) mass is 232 g/mol. The summed E-state index contributed by atoms with van der Waals surface area (Å²) in [4.78, 5) is 2.23. The summed E-state index contributed by atoms with van der Waals surface area (Å²) in [5.41, 5.74) is 2.94. The molecule has 0 spiro atoms. The molecule has 0 aromatic heterocycles. The fourth-order valence-electron chi connectivity index (χ4n) is 2.64. The third kappa shape index (κ3) is 4.14. The molecule has 2 rings (SSSR count). The molecule has 2 nitrogen and oxygen atoms in total. The topological polar surface area (TPSA) is 15.3 Å². The SMILES string of the molecule is CN(C)Cc1cccc(CC2CCNCC2)c1. The number of piperidine rings is 1. The van der Waals surface area contributed by atoms with Crippen molar-refractivity contribution in [2.24, 2.45) is 5.92 Å². The maximum atomic E-state index is 3.43. The summed E-state index contributed by atoms with van der Waals surface area (Å²) in [7, 11) is 4.25. The van der Waals surface area contributed by atoms with Crippen LogP contribution in [0.4, 0.5) is 0 Å². The van der Waals surface area contributed by atoms with Crippen LogP contribution in [-0.2, 0) is 13.0 Å². The van der Waals surface area contributed by atoms with Gasteiger partial charge in [-0.1, -0.05) is 24.3 Å². The standard InChI is InChI=1S/C15H24N2/c1-17(2)12-15-5-3-4-14(11-15)10-13-6-8-16-9-7-13/h3-5,11,13,16H,6-10,12H2,1-2H3. The highest BCUT2D eigenvalue weighted by molar-refractivity contribution is 5.23. The van der Waals surface area contributed by atoms with E-state index in [2.05, 4.69) is 48.6 Å². The van der Waals surface area contributed by atoms with E-state index in [1.807, 2.05) is 0 Å². The zero-order valence-electron chi connectivity index (χ0n) is 11.1. The minimum Gasteiger partial charge on any atom is -0.317 e. The van der Waals surface area contributed by atoms with Gasteiger partial charge in [0.25, 0.3) is 0 Å². The van der Waals surface area contributed by atoms with Crippen LogP contribution < -0.4 is 5.32 Å². The summed E-state index contributed by atoms with van der Waals surface area (Å²) < 4.78 is 0. The van der Waals surface area contributed by atoms with Gasteiger partial charge in [-0.25, -0.2) is 0 Å². The molecule has 1 aromatic rings. The minimum absolute atomic E-state index is 0.880. The highest BCUT2D eigenvalue weighted by Crippen LogP contribution is 2.19. The average molecular weight is 232 g/mol. The van der Waals surface area contributed by atoms with Crippen LogP contribution >= 0.6 is 0 Å². The van der Waals surface area contributed by atoms with Crippen molar-refractivity contribution in [1.82, 2.24) is 10.2 Å². The lowest BCUT2D eigenvalue weighted by Crippen LogP contribution is -2.28. The highest BCUT2D eigenvalue weighted by Gasteiger charge is 2.13. The predicted octanol–water partition coefficient (Wildman–Crippen LogP) is 2.29. The van der Waals surface area contributed by atoms with Gasteiger partial charge in [0.15, 0.2) is 0 Å². The lowest BCUT2D eigenvalue weighted by atomic mass is 9.90. The van der Waals surface area contributed by atoms with Crippen LogP contribution in [0.1, 0.15) is 24.0 Å². The van der Waals surface area contributed by atoms with Crippen molar-refractivity contribution < 1.29 is 0 Å². The molecule has 1 aromatic carbocycles. The molecule has 1 N–H and O–H groups in total. The molecule has 1 aliphatic rings. The summed E-state index contributed by atoms with van der Waals surface area (Å²) >= 11 is 0. The number of benzene rings is 1. The van der Waals surface area contributed by atoms with Crippen molar-refractivity contribution in [1.29, 1.82) is 0 Å². The fraction of sp³-hybridized carbons (Fsp3) is 0.600. The maximum absolute atomic E-state index is 3.43. The van der Waals surface area contributed by atoms with E-state index in [-0.39, 0.29) is 0 Å². The maximum Gasteiger partial charge on any atom is 0.0227 e. The Morgan fingerprint density at radius 1 is 1.18 bits per heavy atom. The lowest BCUT2D eigenvalue weighted by Gasteiger charge is -2.22. The third-order valence-electron chi connectivity index (χ3n) is 3.47. The van der Waals surface area contributed by atoms with Gasteiger partial charge in [0, 0.05) is 6.54 Å². The van der Waals surface area contributed by atoms with Crippen LogP contribution in [-0.4, -0.2) is 32.1 Å². The molecule has 0 amide bonds. The molecule has 0 bridgehead atoms. The van der Waals surface area contributed by atoms with E-state index in [9.17, 15) is 0 Å². The second kappa shape index (κ2) is 6.18. The Morgan fingerprint density at radius 2 is 1.88 bits per heavy atom. The molecule has 17 heavy (non-hydrogen) atoms. The minimum atomic E-state index is 0.880. The summed E-state index contributed by atoms with van der Waals surface area (Å²) in [5, 5.41) is 3.43. The van der Waals surface area contributed by atoms with Crippen LogP contribution in [0.15, 0.2) is 24.3 Å². The van der Waals surface area contributed by atoms with Crippen LogP contribution in [0.5, 0.6) is 0 Å². The molecule has 94 valence electrons. The van der Waals surface area contributed by atoms with Gasteiger partial charge in [-0.15, -0.1) is 0 Å². The Hall–Kier alpha value is -0.860. The Bertz CT molecular complexity index is 341. The summed E-state index contributed by atoms with van der Waals surface area (Å²) in [6.45, 7) is 3.43. The first kappa shape index (κ1) is 12.6. The molecule has 1 heterocycles. The molecule has 0 saturated carbocycles. The van der Waals surface area contributed by atoms with Gasteiger partial charge in [0.05, 0.1) is 0 Å². The second-order valence-corrected chi connectivity index (χ2v) is 5.46. The molecule has 1 aliphatic heterocycles. The van der Waals surface area contributed by atoms with Crippen LogP contribution in [0, 0.1) is 5.92 Å². The van der Waals surface area contributed by atoms with Crippen LogP contribution in [0.25, 0.3) is 0 Å². The number of nitrogens with zero attached hydrogens (tertiary/aromatic N) is 1. The van der Waals surface area contributed by atoms with Crippen molar-refractivity contribution >= 4 is 0 Å². The largest absolute Gasteiger partial charge is 0.317 e. The van der Waals surface area contributed by atoms with Crippen LogP contribution in [0.3, 0.4) is 0 Å². The first-order valence-corrected chi connectivity index (χ1v) is 6.67. The Morgan fingerprint density at radius 3 is 2.59 bits per heavy atom. The third-order valence-corrected chi connectivity index (χ3v) is 3.47. The van der Waals surface area contributed by atoms with Crippen molar-refractivity contribution in [2.75, 3.05) is 27.2 Å². The summed E-state index contributed by atoms with van der Waals surface area (Å²) in [6, 6.07) is 9.09. The van der Waals surface area contributed by atoms with Crippen molar-refractivity contribution in [3.05, 3.63) is 35.4 Å². The molecule has 0 atom stereocenters. The normalized spacial score (nSPS) is 17.6. The quantitative estimate of drug-likeness (QED) is 0.857. The average Bonchev–Trinajstić information content (AvgIpc) is 2.30. The molecule has 0 unspecified atom stereocenters. The Kier molecular flexibility index (Phi) is 4.57. The molecule has 0 aliphatic carbocycles. The van der Waals surface area contributed by atoms with Gasteiger partial charge >= 0.3 is 0 Å². The van der Waals surface area contributed by atoms with Gasteiger partial charge in [0.2, 0.25) is 0 Å². The molecule has 2 heteroatoms. The van der Waals surface area contributed by atoms with Gasteiger partial charge in [-0.2, -0.15) is 0 Å².